The lowest BCUT2D eigenvalue weighted by atomic mass is 10.1. The van der Waals surface area contributed by atoms with E-state index in [-0.39, 0.29) is 17.6 Å². The van der Waals surface area contributed by atoms with Gasteiger partial charge in [0.15, 0.2) is 0 Å². The molecule has 2 N–H and O–H groups in total. The third-order valence-electron chi connectivity index (χ3n) is 4.40. The standard InChI is InChI=1S/C21H25FN6O/c1-13(2)20(29)24-12-28(27-21-25-14(3)9-15(4)26-21)8-7-16-11-23-19-6-5-17(22)10-18(16)19/h5-6,9-13,23H,7-8H2,1-4H3,(H,25,26,27). The number of benzene rings is 1. The molecule has 0 aliphatic rings. The van der Waals surface area contributed by atoms with Gasteiger partial charge in [-0.2, -0.15) is 0 Å². The Morgan fingerprint density at radius 2 is 2.00 bits per heavy atom. The van der Waals surface area contributed by atoms with Gasteiger partial charge >= 0.3 is 0 Å². The molecule has 2 heterocycles. The number of amides is 1. The zero-order valence-electron chi connectivity index (χ0n) is 17.0. The van der Waals surface area contributed by atoms with Crippen molar-refractivity contribution in [3.8, 4) is 0 Å². The number of fused-ring (bicyclic) bond motifs is 1. The molecule has 1 amide bonds. The van der Waals surface area contributed by atoms with Crippen molar-refractivity contribution in [3.05, 3.63) is 53.2 Å². The van der Waals surface area contributed by atoms with Gasteiger partial charge in [0.25, 0.3) is 0 Å². The molecule has 0 saturated carbocycles. The molecule has 0 atom stereocenters. The molecule has 0 unspecified atom stereocenters. The molecule has 0 aliphatic heterocycles. The van der Waals surface area contributed by atoms with Gasteiger partial charge in [0.05, 0.1) is 0 Å². The quantitative estimate of drug-likeness (QED) is 0.360. The lowest BCUT2D eigenvalue weighted by Gasteiger charge is -2.20. The van der Waals surface area contributed by atoms with Gasteiger partial charge in [-0.05, 0) is 50.1 Å². The van der Waals surface area contributed by atoms with E-state index in [0.717, 1.165) is 27.9 Å². The first-order valence-electron chi connectivity index (χ1n) is 9.51. The van der Waals surface area contributed by atoms with Gasteiger partial charge in [-0.25, -0.2) is 19.4 Å². The number of hydrogen-bond donors (Lipinski definition) is 2. The minimum atomic E-state index is -0.277. The van der Waals surface area contributed by atoms with E-state index < -0.39 is 0 Å². The van der Waals surface area contributed by atoms with Crippen molar-refractivity contribution in [2.75, 3.05) is 12.0 Å². The Kier molecular flexibility index (Phi) is 6.21. The number of aliphatic imine (C=N–C) groups is 1. The average Bonchev–Trinajstić information content (AvgIpc) is 3.04. The number of anilines is 1. The van der Waals surface area contributed by atoms with Crippen LogP contribution in [0.15, 0.2) is 35.5 Å². The third kappa shape index (κ3) is 5.37. The molecule has 0 spiro atoms. The summed E-state index contributed by atoms with van der Waals surface area (Å²) in [6, 6.07) is 6.54. The lowest BCUT2D eigenvalue weighted by molar-refractivity contribution is -0.120. The smallest absolute Gasteiger partial charge is 0.249 e. The molecule has 0 bridgehead atoms. The summed E-state index contributed by atoms with van der Waals surface area (Å²) in [4.78, 5) is 27.8. The van der Waals surface area contributed by atoms with Gasteiger partial charge in [-0.1, -0.05) is 13.8 Å². The Morgan fingerprint density at radius 1 is 1.28 bits per heavy atom. The fraction of sp³-hybridized carbons (Fsp3) is 0.333. The Bertz CT molecular complexity index is 1020. The summed E-state index contributed by atoms with van der Waals surface area (Å²) >= 11 is 0. The van der Waals surface area contributed by atoms with Gasteiger partial charge in [0, 0.05) is 41.0 Å². The van der Waals surface area contributed by atoms with Crippen LogP contribution in [0, 0.1) is 25.6 Å². The van der Waals surface area contributed by atoms with Crippen LogP contribution in [0.3, 0.4) is 0 Å². The molecular weight excluding hydrogens is 371 g/mol. The van der Waals surface area contributed by atoms with Gasteiger partial charge in [0.1, 0.15) is 12.2 Å². The van der Waals surface area contributed by atoms with Crippen molar-refractivity contribution in [2.45, 2.75) is 34.1 Å². The highest BCUT2D eigenvalue weighted by Crippen LogP contribution is 2.20. The number of aromatic amines is 1. The number of aromatic nitrogens is 3. The lowest BCUT2D eigenvalue weighted by Crippen LogP contribution is -2.32. The van der Waals surface area contributed by atoms with Crippen molar-refractivity contribution in [1.29, 1.82) is 0 Å². The highest BCUT2D eigenvalue weighted by molar-refractivity contribution is 5.86. The SMILES string of the molecule is Cc1cc(C)nc(NN(C=NC(=O)C(C)C)CCc2c[nH]c3ccc(F)cc23)n1. The summed E-state index contributed by atoms with van der Waals surface area (Å²) in [5, 5.41) is 2.51. The zero-order valence-corrected chi connectivity index (χ0v) is 17.0. The normalized spacial score (nSPS) is 11.5. The molecule has 3 rings (SSSR count). The van der Waals surface area contributed by atoms with Gasteiger partial charge in [-0.3, -0.25) is 15.2 Å². The largest absolute Gasteiger partial charge is 0.361 e. The van der Waals surface area contributed by atoms with Crippen LogP contribution in [0.2, 0.25) is 0 Å². The van der Waals surface area contributed by atoms with Crippen LogP contribution < -0.4 is 5.43 Å². The van der Waals surface area contributed by atoms with Crippen LogP contribution in [-0.2, 0) is 11.2 Å². The first-order chi connectivity index (χ1) is 13.8. The second-order valence-electron chi connectivity index (χ2n) is 7.27. The van der Waals surface area contributed by atoms with Crippen molar-refractivity contribution in [3.63, 3.8) is 0 Å². The van der Waals surface area contributed by atoms with E-state index in [1.165, 1.54) is 18.5 Å². The number of carbonyl (C=O) groups is 1. The van der Waals surface area contributed by atoms with E-state index in [1.54, 1.807) is 24.9 Å². The summed E-state index contributed by atoms with van der Waals surface area (Å²) in [6.45, 7) is 7.85. The predicted octanol–water partition coefficient (Wildman–Crippen LogP) is 3.80. The van der Waals surface area contributed by atoms with Crippen LogP contribution in [-0.4, -0.2) is 38.8 Å². The average molecular weight is 396 g/mol. The fourth-order valence-electron chi connectivity index (χ4n) is 2.92. The molecule has 29 heavy (non-hydrogen) atoms. The predicted molar refractivity (Wildman–Crippen MR) is 112 cm³/mol. The van der Waals surface area contributed by atoms with Crippen LogP contribution in [0.25, 0.3) is 10.9 Å². The number of nitrogens with one attached hydrogen (secondary N) is 2. The van der Waals surface area contributed by atoms with Gasteiger partial charge in [0.2, 0.25) is 11.9 Å². The van der Waals surface area contributed by atoms with Crippen LogP contribution in [0.1, 0.15) is 30.8 Å². The second kappa shape index (κ2) is 8.81. The van der Waals surface area contributed by atoms with E-state index >= 15 is 0 Å². The van der Waals surface area contributed by atoms with Crippen molar-refractivity contribution in [2.24, 2.45) is 10.9 Å². The Labute approximate surface area is 169 Å². The topological polar surface area (TPSA) is 86.3 Å². The maximum atomic E-state index is 13.6. The summed E-state index contributed by atoms with van der Waals surface area (Å²) in [5.41, 5.74) is 6.62. The maximum absolute atomic E-state index is 13.6. The Balaban J connectivity index is 1.79. The highest BCUT2D eigenvalue weighted by Gasteiger charge is 2.10. The fourth-order valence-corrected chi connectivity index (χ4v) is 2.92. The first kappa shape index (κ1) is 20.4. The Hall–Kier alpha value is -3.29. The summed E-state index contributed by atoms with van der Waals surface area (Å²) in [6.07, 6.45) is 3.92. The van der Waals surface area contributed by atoms with Gasteiger partial charge < -0.3 is 4.98 Å². The molecular formula is C21H25FN6O. The molecule has 0 radical (unpaired) electrons. The number of rotatable bonds is 7. The van der Waals surface area contributed by atoms with E-state index in [9.17, 15) is 9.18 Å². The summed E-state index contributed by atoms with van der Waals surface area (Å²) in [7, 11) is 0. The van der Waals surface area contributed by atoms with E-state index in [2.05, 4.69) is 25.4 Å². The monoisotopic (exact) mass is 396 g/mol. The van der Waals surface area contributed by atoms with Gasteiger partial charge in [-0.15, -0.1) is 0 Å². The maximum Gasteiger partial charge on any atom is 0.249 e. The van der Waals surface area contributed by atoms with Crippen molar-refractivity contribution >= 4 is 29.1 Å². The molecule has 8 heteroatoms. The number of halogens is 1. The van der Waals surface area contributed by atoms with Crippen LogP contribution in [0.4, 0.5) is 10.3 Å². The number of aryl methyl sites for hydroxylation is 2. The summed E-state index contributed by atoms with van der Waals surface area (Å²) in [5.74, 6) is -0.258. The van der Waals surface area contributed by atoms with Crippen molar-refractivity contribution < 1.29 is 9.18 Å². The zero-order chi connectivity index (χ0) is 21.0. The number of H-pyrrole nitrogens is 1. The van der Waals surface area contributed by atoms with E-state index in [4.69, 9.17) is 0 Å². The first-order valence-corrected chi connectivity index (χ1v) is 9.51. The molecule has 0 fully saturated rings. The molecule has 3 aromatic rings. The van der Waals surface area contributed by atoms with E-state index in [1.807, 2.05) is 26.1 Å². The second-order valence-corrected chi connectivity index (χ2v) is 7.27. The third-order valence-corrected chi connectivity index (χ3v) is 4.40. The molecule has 7 nitrogen and oxygen atoms in total. The van der Waals surface area contributed by atoms with Crippen LogP contribution in [0.5, 0.6) is 0 Å². The number of hydrogen-bond acceptors (Lipinski definition) is 4. The minimum Gasteiger partial charge on any atom is -0.361 e. The molecule has 0 aliphatic carbocycles. The molecule has 2 aromatic heterocycles. The highest BCUT2D eigenvalue weighted by atomic mass is 19.1. The summed E-state index contributed by atoms with van der Waals surface area (Å²) < 4.78 is 13.6. The number of carbonyl (C=O) groups excluding carboxylic acids is 1. The van der Waals surface area contributed by atoms with Crippen molar-refractivity contribution in [1.82, 2.24) is 20.0 Å². The Morgan fingerprint density at radius 3 is 2.69 bits per heavy atom. The minimum absolute atomic E-state index is 0.192. The molecule has 0 saturated heterocycles. The van der Waals surface area contributed by atoms with Crippen LogP contribution >= 0.6 is 0 Å². The van der Waals surface area contributed by atoms with E-state index in [0.29, 0.717) is 18.9 Å². The number of hydrazine groups is 1. The molecule has 1 aromatic carbocycles. The number of nitrogens with zero attached hydrogens (tertiary/aromatic N) is 4. The molecule has 152 valence electrons.